The number of ether oxygens (including phenoxy) is 1. The van der Waals surface area contributed by atoms with Crippen LogP contribution in [0.2, 0.25) is 0 Å². The summed E-state index contributed by atoms with van der Waals surface area (Å²) < 4.78 is 5.25. The molecule has 0 unspecified atom stereocenters. The van der Waals surface area contributed by atoms with Gasteiger partial charge in [-0.3, -0.25) is 9.59 Å². The monoisotopic (exact) mass is 317 g/mol. The number of rotatable bonds is 3. The maximum atomic E-state index is 12.4. The fourth-order valence-electron chi connectivity index (χ4n) is 3.13. The second-order valence-corrected chi connectivity index (χ2v) is 6.30. The van der Waals surface area contributed by atoms with Crippen molar-refractivity contribution in [3.05, 3.63) is 29.8 Å². The summed E-state index contributed by atoms with van der Waals surface area (Å²) >= 11 is 0. The van der Waals surface area contributed by atoms with Crippen LogP contribution in [0.5, 0.6) is 0 Å². The molecule has 6 heteroatoms. The van der Waals surface area contributed by atoms with Gasteiger partial charge in [-0.2, -0.15) is 0 Å². The number of carbonyl (C=O) groups is 2. The van der Waals surface area contributed by atoms with Crippen molar-refractivity contribution < 1.29 is 14.3 Å². The van der Waals surface area contributed by atoms with Gasteiger partial charge in [0.05, 0.1) is 18.8 Å². The van der Waals surface area contributed by atoms with Gasteiger partial charge in [-0.25, -0.2) is 0 Å². The van der Waals surface area contributed by atoms with Gasteiger partial charge in [-0.1, -0.05) is 12.8 Å². The Morgan fingerprint density at radius 3 is 2.30 bits per heavy atom. The normalized spacial score (nSPS) is 20.3. The summed E-state index contributed by atoms with van der Waals surface area (Å²) in [6.07, 6.45) is 3.45. The lowest BCUT2D eigenvalue weighted by Crippen LogP contribution is -2.48. The standard InChI is InChI=1S/C17H23N3O3/c18-17(7-1-2-8-17)16(22)19-14-5-3-13(4-6-14)15(21)20-9-11-23-12-10-20/h3-6H,1-2,7-12,18H2,(H,19,22). The third-order valence-electron chi connectivity index (χ3n) is 4.64. The van der Waals surface area contributed by atoms with Crippen molar-refractivity contribution >= 4 is 17.5 Å². The van der Waals surface area contributed by atoms with Gasteiger partial charge >= 0.3 is 0 Å². The first kappa shape index (κ1) is 16.0. The third kappa shape index (κ3) is 3.54. The van der Waals surface area contributed by atoms with Crippen molar-refractivity contribution in [1.29, 1.82) is 0 Å². The van der Waals surface area contributed by atoms with Gasteiger partial charge < -0.3 is 20.7 Å². The fourth-order valence-corrected chi connectivity index (χ4v) is 3.13. The highest BCUT2D eigenvalue weighted by molar-refractivity contribution is 5.99. The number of amides is 2. The molecule has 3 rings (SSSR count). The average molecular weight is 317 g/mol. The SMILES string of the molecule is NC1(C(=O)Nc2ccc(C(=O)N3CCOCC3)cc2)CCCC1. The van der Waals surface area contributed by atoms with Gasteiger partial charge in [0.25, 0.3) is 5.91 Å². The van der Waals surface area contributed by atoms with Crippen LogP contribution in [0.3, 0.4) is 0 Å². The number of hydrogen-bond acceptors (Lipinski definition) is 4. The van der Waals surface area contributed by atoms with Gasteiger partial charge in [0.15, 0.2) is 0 Å². The van der Waals surface area contributed by atoms with E-state index in [0.29, 0.717) is 37.6 Å². The molecular weight excluding hydrogens is 294 g/mol. The number of nitrogens with zero attached hydrogens (tertiary/aromatic N) is 1. The quantitative estimate of drug-likeness (QED) is 0.882. The molecule has 6 nitrogen and oxygen atoms in total. The molecule has 1 aliphatic carbocycles. The van der Waals surface area contributed by atoms with E-state index >= 15 is 0 Å². The zero-order valence-electron chi connectivity index (χ0n) is 13.2. The van der Waals surface area contributed by atoms with E-state index in [1.165, 1.54) is 0 Å². The van der Waals surface area contributed by atoms with E-state index in [1.807, 2.05) is 0 Å². The van der Waals surface area contributed by atoms with Crippen LogP contribution in [0.4, 0.5) is 5.69 Å². The molecule has 0 spiro atoms. The highest BCUT2D eigenvalue weighted by Gasteiger charge is 2.36. The topological polar surface area (TPSA) is 84.7 Å². The lowest BCUT2D eigenvalue weighted by Gasteiger charge is -2.27. The van der Waals surface area contributed by atoms with E-state index in [0.717, 1.165) is 25.7 Å². The second-order valence-electron chi connectivity index (χ2n) is 6.30. The summed E-state index contributed by atoms with van der Waals surface area (Å²) in [5.74, 6) is -0.139. The summed E-state index contributed by atoms with van der Waals surface area (Å²) in [6, 6.07) is 6.99. The van der Waals surface area contributed by atoms with E-state index < -0.39 is 5.54 Å². The lowest BCUT2D eigenvalue weighted by molar-refractivity contribution is -0.121. The van der Waals surface area contributed by atoms with Crippen molar-refractivity contribution in [2.75, 3.05) is 31.6 Å². The summed E-state index contributed by atoms with van der Waals surface area (Å²) in [4.78, 5) is 26.4. The zero-order chi connectivity index (χ0) is 16.3. The predicted molar refractivity (Wildman–Crippen MR) is 87.2 cm³/mol. The van der Waals surface area contributed by atoms with Crippen LogP contribution in [-0.4, -0.2) is 48.6 Å². The van der Waals surface area contributed by atoms with Gasteiger partial charge in [0.2, 0.25) is 5.91 Å². The average Bonchev–Trinajstić information content (AvgIpc) is 3.04. The van der Waals surface area contributed by atoms with Crippen LogP contribution < -0.4 is 11.1 Å². The number of hydrogen-bond donors (Lipinski definition) is 2. The Morgan fingerprint density at radius 2 is 1.70 bits per heavy atom. The Bertz CT molecular complexity index is 573. The number of morpholine rings is 1. The smallest absolute Gasteiger partial charge is 0.254 e. The van der Waals surface area contributed by atoms with E-state index in [-0.39, 0.29) is 11.8 Å². The molecule has 2 aliphatic rings. The first-order chi connectivity index (χ1) is 11.1. The fraction of sp³-hybridized carbons (Fsp3) is 0.529. The minimum Gasteiger partial charge on any atom is -0.378 e. The maximum absolute atomic E-state index is 12.4. The van der Waals surface area contributed by atoms with Crippen molar-refractivity contribution in [1.82, 2.24) is 4.90 Å². The lowest BCUT2D eigenvalue weighted by atomic mass is 9.98. The van der Waals surface area contributed by atoms with Crippen LogP contribution >= 0.6 is 0 Å². The Kier molecular flexibility index (Phi) is 4.63. The Balaban J connectivity index is 1.62. The number of nitrogens with one attached hydrogen (secondary N) is 1. The minimum absolute atomic E-state index is 0.00253. The highest BCUT2D eigenvalue weighted by atomic mass is 16.5. The first-order valence-corrected chi connectivity index (χ1v) is 8.16. The van der Waals surface area contributed by atoms with Crippen LogP contribution in [0.25, 0.3) is 0 Å². The Hall–Kier alpha value is -1.92. The van der Waals surface area contributed by atoms with Crippen molar-refractivity contribution in [3.8, 4) is 0 Å². The van der Waals surface area contributed by atoms with Gasteiger partial charge in [0, 0.05) is 24.3 Å². The third-order valence-corrected chi connectivity index (χ3v) is 4.64. The molecule has 0 aromatic heterocycles. The molecule has 1 heterocycles. The second kappa shape index (κ2) is 6.68. The van der Waals surface area contributed by atoms with Gasteiger partial charge in [0.1, 0.15) is 0 Å². The molecule has 2 amide bonds. The Labute approximate surface area is 136 Å². The number of anilines is 1. The molecule has 1 saturated carbocycles. The van der Waals surface area contributed by atoms with Crippen molar-refractivity contribution in [2.24, 2.45) is 5.73 Å². The van der Waals surface area contributed by atoms with Crippen LogP contribution in [0, 0.1) is 0 Å². The number of nitrogens with two attached hydrogens (primary N) is 1. The van der Waals surface area contributed by atoms with E-state index in [9.17, 15) is 9.59 Å². The molecule has 0 bridgehead atoms. The molecule has 1 aromatic rings. The summed E-state index contributed by atoms with van der Waals surface area (Å²) in [6.45, 7) is 2.40. The summed E-state index contributed by atoms with van der Waals surface area (Å²) in [7, 11) is 0. The van der Waals surface area contributed by atoms with Gasteiger partial charge in [-0.05, 0) is 37.1 Å². The van der Waals surface area contributed by atoms with Gasteiger partial charge in [-0.15, -0.1) is 0 Å². The molecule has 1 aliphatic heterocycles. The zero-order valence-corrected chi connectivity index (χ0v) is 13.2. The van der Waals surface area contributed by atoms with Crippen LogP contribution in [-0.2, 0) is 9.53 Å². The van der Waals surface area contributed by atoms with Crippen LogP contribution in [0.15, 0.2) is 24.3 Å². The minimum atomic E-state index is -0.748. The first-order valence-electron chi connectivity index (χ1n) is 8.16. The molecule has 3 N–H and O–H groups in total. The van der Waals surface area contributed by atoms with Crippen molar-refractivity contribution in [2.45, 2.75) is 31.2 Å². The Morgan fingerprint density at radius 1 is 1.09 bits per heavy atom. The molecule has 1 aromatic carbocycles. The van der Waals surface area contributed by atoms with Crippen molar-refractivity contribution in [3.63, 3.8) is 0 Å². The number of benzene rings is 1. The predicted octanol–water partition coefficient (Wildman–Crippen LogP) is 1.37. The molecule has 0 radical (unpaired) electrons. The molecule has 124 valence electrons. The van der Waals surface area contributed by atoms with Crippen LogP contribution in [0.1, 0.15) is 36.0 Å². The summed E-state index contributed by atoms with van der Waals surface area (Å²) in [5.41, 5.74) is 6.68. The summed E-state index contributed by atoms with van der Waals surface area (Å²) in [5, 5.41) is 2.86. The van der Waals surface area contributed by atoms with E-state index in [4.69, 9.17) is 10.5 Å². The van der Waals surface area contributed by atoms with E-state index in [2.05, 4.69) is 5.32 Å². The molecular formula is C17H23N3O3. The molecule has 1 saturated heterocycles. The largest absolute Gasteiger partial charge is 0.378 e. The maximum Gasteiger partial charge on any atom is 0.254 e. The molecule has 23 heavy (non-hydrogen) atoms. The molecule has 0 atom stereocenters. The molecule has 2 fully saturated rings. The highest BCUT2D eigenvalue weighted by Crippen LogP contribution is 2.28. The van der Waals surface area contributed by atoms with E-state index in [1.54, 1.807) is 29.2 Å². The number of carbonyl (C=O) groups excluding carboxylic acids is 2.